The van der Waals surface area contributed by atoms with Gasteiger partial charge in [-0.15, -0.1) is 10.2 Å². The molecule has 2 aromatic rings. The number of aromatic amines is 1. The maximum atomic E-state index is 11.9. The number of aryl methyl sites for hydroxylation is 2. The molecule has 2 amide bonds. The molecule has 2 rings (SSSR count). The minimum Gasteiger partial charge on any atom is -0.462 e. The molecule has 0 aromatic carbocycles. The van der Waals surface area contributed by atoms with Gasteiger partial charge in [0.15, 0.2) is 0 Å². The molecule has 2 heterocycles. The number of nitrogens with one attached hydrogen (secondary N) is 3. The van der Waals surface area contributed by atoms with Crippen molar-refractivity contribution in [3.8, 4) is 0 Å². The standard InChI is InChI=1S/C13H17N5O3S/c1-5-21-11(19)9-6(2)10(14-7(9)3)15-12(20)16-13-18-17-8(4)22-13/h14H,5H2,1-4H3,(H2,15,16,18,20). The SMILES string of the molecule is CCOC(=O)c1c(C)[nH]c(NC(=O)Nc2nnc(C)s2)c1C. The predicted molar refractivity (Wildman–Crippen MR) is 83.5 cm³/mol. The van der Waals surface area contributed by atoms with E-state index < -0.39 is 12.0 Å². The van der Waals surface area contributed by atoms with Gasteiger partial charge in [-0.2, -0.15) is 0 Å². The van der Waals surface area contributed by atoms with Gasteiger partial charge in [-0.05, 0) is 27.7 Å². The molecular weight excluding hydrogens is 306 g/mol. The third-order valence-electron chi connectivity index (χ3n) is 2.90. The average molecular weight is 323 g/mol. The molecule has 0 aliphatic heterocycles. The maximum Gasteiger partial charge on any atom is 0.340 e. The van der Waals surface area contributed by atoms with Crippen LogP contribution in [0.2, 0.25) is 0 Å². The minimum atomic E-state index is -0.462. The molecule has 22 heavy (non-hydrogen) atoms. The van der Waals surface area contributed by atoms with Gasteiger partial charge in [0, 0.05) is 11.3 Å². The van der Waals surface area contributed by atoms with Crippen LogP contribution in [0.4, 0.5) is 15.7 Å². The number of rotatable bonds is 4. The largest absolute Gasteiger partial charge is 0.462 e. The number of urea groups is 1. The lowest BCUT2D eigenvalue weighted by molar-refractivity contribution is 0.0525. The monoisotopic (exact) mass is 323 g/mol. The maximum absolute atomic E-state index is 11.9. The van der Waals surface area contributed by atoms with Crippen molar-refractivity contribution in [2.45, 2.75) is 27.7 Å². The van der Waals surface area contributed by atoms with E-state index in [-0.39, 0.29) is 0 Å². The highest BCUT2D eigenvalue weighted by molar-refractivity contribution is 7.15. The van der Waals surface area contributed by atoms with Crippen molar-refractivity contribution in [3.05, 3.63) is 21.8 Å². The number of carbonyl (C=O) groups excluding carboxylic acids is 2. The number of hydrogen-bond donors (Lipinski definition) is 3. The molecule has 8 nitrogen and oxygen atoms in total. The summed E-state index contributed by atoms with van der Waals surface area (Å²) in [6, 6.07) is -0.462. The van der Waals surface area contributed by atoms with E-state index in [9.17, 15) is 9.59 Å². The summed E-state index contributed by atoms with van der Waals surface area (Å²) in [7, 11) is 0. The Balaban J connectivity index is 2.11. The van der Waals surface area contributed by atoms with Gasteiger partial charge in [-0.1, -0.05) is 11.3 Å². The Labute approximate surface area is 131 Å². The molecule has 0 aliphatic carbocycles. The van der Waals surface area contributed by atoms with Crippen molar-refractivity contribution >= 4 is 34.3 Å². The number of esters is 1. The average Bonchev–Trinajstić information content (AvgIpc) is 2.94. The number of nitrogens with zero attached hydrogens (tertiary/aromatic N) is 2. The lowest BCUT2D eigenvalue weighted by atomic mass is 10.1. The van der Waals surface area contributed by atoms with E-state index in [0.29, 0.717) is 34.4 Å². The highest BCUT2D eigenvalue weighted by Gasteiger charge is 2.20. The summed E-state index contributed by atoms with van der Waals surface area (Å²) < 4.78 is 5.00. The number of hydrogen-bond acceptors (Lipinski definition) is 6. The van der Waals surface area contributed by atoms with E-state index in [1.165, 1.54) is 11.3 Å². The number of aromatic nitrogens is 3. The van der Waals surface area contributed by atoms with Crippen LogP contribution in [-0.2, 0) is 4.74 Å². The third-order valence-corrected chi connectivity index (χ3v) is 3.66. The quantitative estimate of drug-likeness (QED) is 0.749. The lowest BCUT2D eigenvalue weighted by Gasteiger charge is -2.05. The van der Waals surface area contributed by atoms with E-state index in [1.807, 2.05) is 0 Å². The fourth-order valence-electron chi connectivity index (χ4n) is 1.97. The topological polar surface area (TPSA) is 109 Å². The molecule has 118 valence electrons. The second-order valence-corrected chi connectivity index (χ2v) is 5.73. The second kappa shape index (κ2) is 6.56. The van der Waals surface area contributed by atoms with Crippen LogP contribution in [0.15, 0.2) is 0 Å². The summed E-state index contributed by atoms with van der Waals surface area (Å²) in [5.74, 6) is 0.0289. The Hall–Kier alpha value is -2.42. The van der Waals surface area contributed by atoms with Gasteiger partial charge in [0.05, 0.1) is 12.2 Å². The van der Waals surface area contributed by atoms with Crippen LogP contribution in [0.5, 0.6) is 0 Å². The summed E-state index contributed by atoms with van der Waals surface area (Å²) >= 11 is 1.27. The van der Waals surface area contributed by atoms with Gasteiger partial charge < -0.3 is 9.72 Å². The van der Waals surface area contributed by atoms with E-state index in [0.717, 1.165) is 5.01 Å². The van der Waals surface area contributed by atoms with Gasteiger partial charge in [0.2, 0.25) is 5.13 Å². The highest BCUT2D eigenvalue weighted by Crippen LogP contribution is 2.23. The number of ether oxygens (including phenoxy) is 1. The van der Waals surface area contributed by atoms with E-state index in [2.05, 4.69) is 25.8 Å². The number of H-pyrrole nitrogens is 1. The summed E-state index contributed by atoms with van der Waals surface area (Å²) in [5, 5.41) is 14.0. The van der Waals surface area contributed by atoms with Crippen molar-refractivity contribution in [2.75, 3.05) is 17.2 Å². The van der Waals surface area contributed by atoms with Gasteiger partial charge >= 0.3 is 12.0 Å². The summed E-state index contributed by atoms with van der Waals surface area (Å²) in [4.78, 5) is 26.8. The summed E-state index contributed by atoms with van der Waals surface area (Å²) in [6.45, 7) is 7.32. The molecule has 0 unspecified atom stereocenters. The Kier molecular flexibility index (Phi) is 4.76. The van der Waals surface area contributed by atoms with Gasteiger partial charge in [-0.3, -0.25) is 10.6 Å². The first kappa shape index (κ1) is 16.0. The van der Waals surface area contributed by atoms with Gasteiger partial charge in [-0.25, -0.2) is 9.59 Å². The molecule has 0 fully saturated rings. The Morgan fingerprint density at radius 3 is 2.55 bits per heavy atom. The number of amides is 2. The molecule has 0 saturated carbocycles. The first-order chi connectivity index (χ1) is 10.4. The van der Waals surface area contributed by atoms with Gasteiger partial charge in [0.25, 0.3) is 0 Å². The fraction of sp³-hybridized carbons (Fsp3) is 0.385. The van der Waals surface area contributed by atoms with Crippen molar-refractivity contribution in [2.24, 2.45) is 0 Å². The fourth-order valence-corrected chi connectivity index (χ4v) is 2.56. The second-order valence-electron chi connectivity index (χ2n) is 4.55. The first-order valence-corrected chi connectivity index (χ1v) is 7.48. The van der Waals surface area contributed by atoms with Crippen LogP contribution in [0.25, 0.3) is 0 Å². The molecular formula is C13H17N5O3S. The highest BCUT2D eigenvalue weighted by atomic mass is 32.1. The zero-order valence-corrected chi connectivity index (χ0v) is 13.6. The molecule has 9 heteroatoms. The molecule has 0 saturated heterocycles. The molecule has 0 atom stereocenters. The van der Waals surface area contributed by atoms with Crippen molar-refractivity contribution in [1.29, 1.82) is 0 Å². The molecule has 3 N–H and O–H groups in total. The van der Waals surface area contributed by atoms with Crippen molar-refractivity contribution in [3.63, 3.8) is 0 Å². The Bertz CT molecular complexity index is 707. The number of carbonyl (C=O) groups is 2. The van der Waals surface area contributed by atoms with E-state index in [1.54, 1.807) is 27.7 Å². The van der Waals surface area contributed by atoms with E-state index >= 15 is 0 Å². The van der Waals surface area contributed by atoms with Crippen molar-refractivity contribution in [1.82, 2.24) is 15.2 Å². The Morgan fingerprint density at radius 2 is 1.95 bits per heavy atom. The summed E-state index contributed by atoms with van der Waals surface area (Å²) in [5.41, 5.74) is 1.70. The zero-order valence-electron chi connectivity index (χ0n) is 12.7. The predicted octanol–water partition coefficient (Wildman–Crippen LogP) is 2.61. The van der Waals surface area contributed by atoms with Crippen LogP contribution in [-0.4, -0.2) is 33.8 Å². The van der Waals surface area contributed by atoms with E-state index in [4.69, 9.17) is 4.74 Å². The third kappa shape index (κ3) is 3.42. The molecule has 0 radical (unpaired) electrons. The van der Waals surface area contributed by atoms with Crippen LogP contribution in [0.3, 0.4) is 0 Å². The van der Waals surface area contributed by atoms with Crippen LogP contribution in [0.1, 0.15) is 33.5 Å². The first-order valence-electron chi connectivity index (χ1n) is 6.66. The lowest BCUT2D eigenvalue weighted by Crippen LogP contribution is -2.20. The molecule has 2 aromatic heterocycles. The Morgan fingerprint density at radius 1 is 1.23 bits per heavy atom. The zero-order chi connectivity index (χ0) is 16.3. The molecule has 0 bridgehead atoms. The normalized spacial score (nSPS) is 10.4. The molecule has 0 aliphatic rings. The van der Waals surface area contributed by atoms with Crippen LogP contribution < -0.4 is 10.6 Å². The molecule has 0 spiro atoms. The minimum absolute atomic E-state index is 0.294. The smallest absolute Gasteiger partial charge is 0.340 e. The van der Waals surface area contributed by atoms with Crippen molar-refractivity contribution < 1.29 is 14.3 Å². The number of anilines is 2. The van der Waals surface area contributed by atoms with Crippen LogP contribution >= 0.6 is 11.3 Å². The van der Waals surface area contributed by atoms with Crippen LogP contribution in [0, 0.1) is 20.8 Å². The summed E-state index contributed by atoms with van der Waals surface area (Å²) in [6.07, 6.45) is 0. The van der Waals surface area contributed by atoms with Gasteiger partial charge in [0.1, 0.15) is 10.8 Å².